The van der Waals surface area contributed by atoms with Gasteiger partial charge in [-0.15, -0.1) is 0 Å². The van der Waals surface area contributed by atoms with Crippen molar-refractivity contribution in [3.05, 3.63) is 35.4 Å². The fourth-order valence-electron chi connectivity index (χ4n) is 2.35. The zero-order chi connectivity index (χ0) is 13.7. The van der Waals surface area contributed by atoms with Gasteiger partial charge in [-0.3, -0.25) is 4.90 Å². The van der Waals surface area contributed by atoms with E-state index in [0.717, 1.165) is 31.3 Å². The van der Waals surface area contributed by atoms with Crippen molar-refractivity contribution in [1.29, 1.82) is 0 Å². The molecule has 1 aromatic carbocycles. The summed E-state index contributed by atoms with van der Waals surface area (Å²) in [6, 6.07) is 4.02. The molecule has 0 aliphatic carbocycles. The molecule has 0 radical (unpaired) electrons. The van der Waals surface area contributed by atoms with Crippen molar-refractivity contribution in [3.63, 3.8) is 0 Å². The molecule has 2 nitrogen and oxygen atoms in total. The van der Waals surface area contributed by atoms with E-state index in [-0.39, 0.29) is 11.7 Å². The summed E-state index contributed by atoms with van der Waals surface area (Å²) >= 11 is 3.33. The maximum atomic E-state index is 13.6. The lowest BCUT2D eigenvalue weighted by molar-refractivity contribution is 0.0137. The molecule has 0 atom stereocenters. The quantitative estimate of drug-likeness (QED) is 0.766. The Morgan fingerprint density at radius 3 is 2.42 bits per heavy atom. The fraction of sp³-hybridized carbons (Fsp3) is 0.571. The number of likely N-dealkylation sites (tertiary alicyclic amines) is 1. The number of hydrogen-bond acceptors (Lipinski definition) is 2. The van der Waals surface area contributed by atoms with E-state index in [9.17, 15) is 8.78 Å². The van der Waals surface area contributed by atoms with Crippen LogP contribution in [0.5, 0.6) is 0 Å². The van der Waals surface area contributed by atoms with Crippen molar-refractivity contribution in [2.75, 3.05) is 25.0 Å². The number of ether oxygens (including phenoxy) is 1. The van der Waals surface area contributed by atoms with E-state index in [4.69, 9.17) is 4.74 Å². The van der Waals surface area contributed by atoms with Gasteiger partial charge in [-0.2, -0.15) is 0 Å². The molecule has 106 valence electrons. The van der Waals surface area contributed by atoms with Crippen molar-refractivity contribution >= 4 is 15.9 Å². The minimum Gasteiger partial charge on any atom is -0.377 e. The Labute approximate surface area is 120 Å². The van der Waals surface area contributed by atoms with Crippen LogP contribution in [0.4, 0.5) is 8.78 Å². The highest BCUT2D eigenvalue weighted by Gasteiger charge is 2.21. The highest BCUT2D eigenvalue weighted by molar-refractivity contribution is 9.09. The third-order valence-corrected chi connectivity index (χ3v) is 3.73. The van der Waals surface area contributed by atoms with Crippen LogP contribution in [-0.4, -0.2) is 36.0 Å². The van der Waals surface area contributed by atoms with E-state index in [1.807, 2.05) is 0 Å². The number of piperidine rings is 1. The average molecular weight is 334 g/mol. The van der Waals surface area contributed by atoms with E-state index in [0.29, 0.717) is 13.2 Å². The predicted molar refractivity (Wildman–Crippen MR) is 74.4 cm³/mol. The van der Waals surface area contributed by atoms with Crippen LogP contribution < -0.4 is 0 Å². The number of hydrogen-bond donors (Lipinski definition) is 0. The van der Waals surface area contributed by atoms with Crippen LogP contribution >= 0.6 is 15.9 Å². The average Bonchev–Trinajstić information content (AvgIpc) is 2.42. The van der Waals surface area contributed by atoms with E-state index in [2.05, 4.69) is 20.8 Å². The summed E-state index contributed by atoms with van der Waals surface area (Å²) in [4.78, 5) is 2.08. The van der Waals surface area contributed by atoms with Crippen LogP contribution in [0.3, 0.4) is 0 Å². The molecule has 19 heavy (non-hydrogen) atoms. The molecule has 0 spiro atoms. The first-order valence-electron chi connectivity index (χ1n) is 6.53. The first kappa shape index (κ1) is 14.9. The van der Waals surface area contributed by atoms with E-state index in [1.165, 1.54) is 18.2 Å². The number of benzene rings is 1. The molecular weight excluding hydrogens is 316 g/mol. The van der Waals surface area contributed by atoms with Gasteiger partial charge in [0, 0.05) is 30.5 Å². The molecular formula is C14H18BrF2NO. The summed E-state index contributed by atoms with van der Waals surface area (Å²) in [6.45, 7) is 2.69. The molecule has 1 saturated heterocycles. The molecule has 0 saturated carbocycles. The number of alkyl halides is 1. The lowest BCUT2D eigenvalue weighted by Crippen LogP contribution is -2.37. The van der Waals surface area contributed by atoms with Gasteiger partial charge < -0.3 is 4.74 Å². The van der Waals surface area contributed by atoms with E-state index in [1.54, 1.807) is 0 Å². The summed E-state index contributed by atoms with van der Waals surface area (Å²) in [7, 11) is 0. The molecule has 0 N–H and O–H groups in total. The fourth-order valence-corrected chi connectivity index (χ4v) is 2.54. The Bertz CT molecular complexity index is 388. The summed E-state index contributed by atoms with van der Waals surface area (Å²) in [6.07, 6.45) is 2.12. The first-order chi connectivity index (χ1) is 9.20. The topological polar surface area (TPSA) is 12.5 Å². The van der Waals surface area contributed by atoms with Crippen molar-refractivity contribution in [1.82, 2.24) is 4.90 Å². The second kappa shape index (κ2) is 7.31. The zero-order valence-electron chi connectivity index (χ0n) is 10.7. The second-order valence-corrected chi connectivity index (χ2v) is 5.53. The molecule has 1 aliphatic rings. The molecule has 0 amide bonds. The molecule has 0 aromatic heterocycles. The lowest BCUT2D eigenvalue weighted by Gasteiger charge is -2.31. The van der Waals surface area contributed by atoms with E-state index < -0.39 is 11.6 Å². The molecule has 1 fully saturated rings. The van der Waals surface area contributed by atoms with Crippen molar-refractivity contribution in [2.24, 2.45) is 0 Å². The number of nitrogens with zero attached hydrogens (tertiary/aromatic N) is 1. The molecule has 5 heteroatoms. The molecule has 1 aromatic rings. The monoisotopic (exact) mass is 333 g/mol. The van der Waals surface area contributed by atoms with Crippen molar-refractivity contribution in [2.45, 2.75) is 25.5 Å². The smallest absolute Gasteiger partial charge is 0.130 e. The van der Waals surface area contributed by atoms with Gasteiger partial charge in [-0.05, 0) is 25.0 Å². The molecule has 1 heterocycles. The number of rotatable bonds is 5. The second-order valence-electron chi connectivity index (χ2n) is 4.74. The Balaban J connectivity index is 1.85. The Morgan fingerprint density at radius 1 is 1.21 bits per heavy atom. The SMILES string of the molecule is Fc1cccc(F)c1CN1CCC(OCCBr)CC1. The Hall–Kier alpha value is -0.520. The van der Waals surface area contributed by atoms with Gasteiger partial charge in [-0.25, -0.2) is 8.78 Å². The third-order valence-electron chi connectivity index (χ3n) is 3.41. The van der Waals surface area contributed by atoms with Crippen LogP contribution in [0.2, 0.25) is 0 Å². The van der Waals surface area contributed by atoms with Crippen molar-refractivity contribution < 1.29 is 13.5 Å². The molecule has 2 rings (SSSR count). The van der Waals surface area contributed by atoms with E-state index >= 15 is 0 Å². The van der Waals surface area contributed by atoms with Crippen molar-refractivity contribution in [3.8, 4) is 0 Å². The highest BCUT2D eigenvalue weighted by atomic mass is 79.9. The normalized spacial score (nSPS) is 17.8. The van der Waals surface area contributed by atoms with Crippen LogP contribution in [0.25, 0.3) is 0 Å². The Morgan fingerprint density at radius 2 is 1.84 bits per heavy atom. The van der Waals surface area contributed by atoms with Gasteiger partial charge in [0.05, 0.1) is 12.7 Å². The third kappa shape index (κ3) is 4.23. The van der Waals surface area contributed by atoms with Crippen LogP contribution in [0.1, 0.15) is 18.4 Å². The minimum atomic E-state index is -0.460. The van der Waals surface area contributed by atoms with Gasteiger partial charge in [0.1, 0.15) is 11.6 Å². The first-order valence-corrected chi connectivity index (χ1v) is 7.65. The zero-order valence-corrected chi connectivity index (χ0v) is 12.3. The van der Waals surface area contributed by atoms with Gasteiger partial charge in [0.15, 0.2) is 0 Å². The Kier molecular flexibility index (Phi) is 5.73. The maximum absolute atomic E-state index is 13.6. The van der Waals surface area contributed by atoms with Gasteiger partial charge in [0.25, 0.3) is 0 Å². The summed E-state index contributed by atoms with van der Waals surface area (Å²) in [5.74, 6) is -0.921. The van der Waals surface area contributed by atoms with Gasteiger partial charge in [-0.1, -0.05) is 22.0 Å². The highest BCUT2D eigenvalue weighted by Crippen LogP contribution is 2.19. The summed E-state index contributed by atoms with van der Waals surface area (Å²) < 4.78 is 32.8. The van der Waals surface area contributed by atoms with Crippen LogP contribution in [-0.2, 0) is 11.3 Å². The minimum absolute atomic E-state index is 0.169. The largest absolute Gasteiger partial charge is 0.377 e. The lowest BCUT2D eigenvalue weighted by atomic mass is 10.1. The van der Waals surface area contributed by atoms with Crippen LogP contribution in [0, 0.1) is 11.6 Å². The predicted octanol–water partition coefficient (Wildman–Crippen LogP) is 3.34. The summed E-state index contributed by atoms with van der Waals surface area (Å²) in [5, 5.41) is 0.841. The van der Waals surface area contributed by atoms with Gasteiger partial charge >= 0.3 is 0 Å². The van der Waals surface area contributed by atoms with Crippen LogP contribution in [0.15, 0.2) is 18.2 Å². The molecule has 0 unspecified atom stereocenters. The molecule has 0 bridgehead atoms. The maximum Gasteiger partial charge on any atom is 0.130 e. The number of halogens is 3. The van der Waals surface area contributed by atoms with Gasteiger partial charge in [0.2, 0.25) is 0 Å². The molecule has 1 aliphatic heterocycles. The summed E-state index contributed by atoms with van der Waals surface area (Å²) in [5.41, 5.74) is 0.169. The standard InChI is InChI=1S/C14H18BrF2NO/c15-6-9-19-11-4-7-18(8-5-11)10-12-13(16)2-1-3-14(12)17/h1-3,11H,4-10H2.